The first-order valence-corrected chi connectivity index (χ1v) is 8.03. The van der Waals surface area contributed by atoms with Crippen LogP contribution >= 0.6 is 0 Å². The van der Waals surface area contributed by atoms with Gasteiger partial charge in [0.25, 0.3) is 5.56 Å². The van der Waals surface area contributed by atoms with Crippen molar-refractivity contribution in [2.75, 3.05) is 0 Å². The number of carbonyl (C=O) groups excluding carboxylic acids is 1. The van der Waals surface area contributed by atoms with E-state index in [4.69, 9.17) is 0 Å². The van der Waals surface area contributed by atoms with Crippen molar-refractivity contribution in [1.82, 2.24) is 15.1 Å². The fourth-order valence-corrected chi connectivity index (χ4v) is 2.96. The molecule has 2 atom stereocenters. The average Bonchev–Trinajstić information content (AvgIpc) is 3.01. The summed E-state index contributed by atoms with van der Waals surface area (Å²) in [4.78, 5) is 24.7. The van der Waals surface area contributed by atoms with Gasteiger partial charge in [0.2, 0.25) is 5.91 Å². The van der Waals surface area contributed by atoms with Gasteiger partial charge in [-0.1, -0.05) is 30.3 Å². The summed E-state index contributed by atoms with van der Waals surface area (Å²) in [5.74, 6) is -0.200. The highest BCUT2D eigenvalue weighted by Gasteiger charge is 2.22. The van der Waals surface area contributed by atoms with Crippen molar-refractivity contribution in [3.8, 4) is 0 Å². The molecule has 2 unspecified atom stereocenters. The van der Waals surface area contributed by atoms with Gasteiger partial charge in [-0.2, -0.15) is 5.10 Å². The van der Waals surface area contributed by atoms with Crippen molar-refractivity contribution in [3.63, 3.8) is 0 Å². The number of fused-ring (bicyclic) bond motifs is 1. The van der Waals surface area contributed by atoms with Crippen LogP contribution in [0.3, 0.4) is 0 Å². The van der Waals surface area contributed by atoms with Gasteiger partial charge in [0.15, 0.2) is 0 Å². The zero-order chi connectivity index (χ0) is 16.4. The molecular formula is C18H21N3O2. The van der Waals surface area contributed by atoms with Gasteiger partial charge in [-0.3, -0.25) is 9.59 Å². The zero-order valence-electron chi connectivity index (χ0n) is 13.5. The lowest BCUT2D eigenvalue weighted by molar-refractivity contribution is -0.124. The Morgan fingerprint density at radius 1 is 1.22 bits per heavy atom. The third-order valence-corrected chi connectivity index (χ3v) is 4.39. The maximum absolute atomic E-state index is 12.5. The number of nitrogens with zero attached hydrogens (tertiary/aromatic N) is 2. The van der Waals surface area contributed by atoms with Crippen molar-refractivity contribution in [1.29, 1.82) is 0 Å². The summed E-state index contributed by atoms with van der Waals surface area (Å²) in [5.41, 5.74) is 2.79. The molecule has 1 aromatic heterocycles. The molecule has 0 aliphatic heterocycles. The molecule has 0 saturated carbocycles. The molecule has 0 saturated heterocycles. The molecule has 23 heavy (non-hydrogen) atoms. The van der Waals surface area contributed by atoms with Crippen LogP contribution in [0.1, 0.15) is 49.2 Å². The van der Waals surface area contributed by atoms with Crippen LogP contribution in [0, 0.1) is 0 Å². The van der Waals surface area contributed by atoms with Crippen molar-refractivity contribution < 1.29 is 4.79 Å². The van der Waals surface area contributed by atoms with E-state index in [9.17, 15) is 9.59 Å². The van der Waals surface area contributed by atoms with E-state index in [1.807, 2.05) is 37.3 Å². The predicted octanol–water partition coefficient (Wildman–Crippen LogP) is 2.17. The van der Waals surface area contributed by atoms with Gasteiger partial charge in [0, 0.05) is 6.07 Å². The minimum Gasteiger partial charge on any atom is -0.348 e. The monoisotopic (exact) mass is 311 g/mol. The number of hydrogen-bond acceptors (Lipinski definition) is 3. The molecule has 1 aliphatic carbocycles. The van der Waals surface area contributed by atoms with Crippen LogP contribution in [-0.4, -0.2) is 15.7 Å². The highest BCUT2D eigenvalue weighted by atomic mass is 16.2. The Labute approximate surface area is 135 Å². The summed E-state index contributed by atoms with van der Waals surface area (Å²) in [6, 6.07) is 10.6. The van der Waals surface area contributed by atoms with Crippen LogP contribution in [0.4, 0.5) is 0 Å². The number of carbonyl (C=O) groups is 1. The normalized spacial score (nSPS) is 15.7. The summed E-state index contributed by atoms with van der Waals surface area (Å²) in [6.07, 6.45) is 2.81. The van der Waals surface area contributed by atoms with Crippen LogP contribution in [0.5, 0.6) is 0 Å². The van der Waals surface area contributed by atoms with E-state index in [-0.39, 0.29) is 17.5 Å². The number of amides is 1. The van der Waals surface area contributed by atoms with Crippen LogP contribution in [-0.2, 0) is 17.6 Å². The molecule has 5 heteroatoms. The van der Waals surface area contributed by atoms with E-state index in [0.717, 1.165) is 36.1 Å². The van der Waals surface area contributed by atoms with Gasteiger partial charge in [0.1, 0.15) is 6.04 Å². The highest BCUT2D eigenvalue weighted by Crippen LogP contribution is 2.18. The molecule has 1 aromatic carbocycles. The van der Waals surface area contributed by atoms with Gasteiger partial charge < -0.3 is 5.32 Å². The fraction of sp³-hybridized carbons (Fsp3) is 0.389. The molecule has 0 bridgehead atoms. The minimum atomic E-state index is -0.625. The van der Waals surface area contributed by atoms with Crippen molar-refractivity contribution in [2.24, 2.45) is 0 Å². The van der Waals surface area contributed by atoms with Crippen LogP contribution in [0.25, 0.3) is 0 Å². The molecule has 1 aliphatic rings. The summed E-state index contributed by atoms with van der Waals surface area (Å²) in [5, 5.41) is 7.35. The molecule has 1 N–H and O–H groups in total. The summed E-state index contributed by atoms with van der Waals surface area (Å²) >= 11 is 0. The summed E-state index contributed by atoms with van der Waals surface area (Å²) in [6.45, 7) is 3.64. The van der Waals surface area contributed by atoms with Gasteiger partial charge in [-0.05, 0) is 44.2 Å². The molecule has 0 spiro atoms. The van der Waals surface area contributed by atoms with Gasteiger partial charge in [-0.25, -0.2) is 4.68 Å². The van der Waals surface area contributed by atoms with E-state index < -0.39 is 6.04 Å². The fourth-order valence-electron chi connectivity index (χ4n) is 2.96. The highest BCUT2D eigenvalue weighted by molar-refractivity contribution is 5.80. The number of hydrogen-bond donors (Lipinski definition) is 1. The Kier molecular flexibility index (Phi) is 4.28. The maximum Gasteiger partial charge on any atom is 0.267 e. The second-order valence-electron chi connectivity index (χ2n) is 6.07. The van der Waals surface area contributed by atoms with Crippen molar-refractivity contribution in [2.45, 2.75) is 45.2 Å². The van der Waals surface area contributed by atoms with E-state index in [1.54, 1.807) is 13.0 Å². The van der Waals surface area contributed by atoms with E-state index >= 15 is 0 Å². The zero-order valence-corrected chi connectivity index (χ0v) is 13.5. The van der Waals surface area contributed by atoms with E-state index in [0.29, 0.717) is 0 Å². The Bertz CT molecular complexity index is 768. The third-order valence-electron chi connectivity index (χ3n) is 4.39. The molecular weight excluding hydrogens is 290 g/mol. The second kappa shape index (κ2) is 6.36. The lowest BCUT2D eigenvalue weighted by atomic mass is 10.1. The Morgan fingerprint density at radius 2 is 1.96 bits per heavy atom. The quantitative estimate of drug-likeness (QED) is 0.941. The molecule has 5 nitrogen and oxygen atoms in total. The number of rotatable bonds is 4. The molecule has 3 rings (SSSR count). The lowest BCUT2D eigenvalue weighted by Gasteiger charge is -2.19. The Hall–Kier alpha value is -2.43. The van der Waals surface area contributed by atoms with Gasteiger partial charge in [-0.15, -0.1) is 0 Å². The van der Waals surface area contributed by atoms with Crippen molar-refractivity contribution in [3.05, 3.63) is 63.6 Å². The minimum absolute atomic E-state index is 0.115. The first-order chi connectivity index (χ1) is 11.1. The number of aryl methyl sites for hydroxylation is 2. The Balaban J connectivity index is 1.77. The number of aromatic nitrogens is 2. The lowest BCUT2D eigenvalue weighted by Crippen LogP contribution is -2.38. The van der Waals surface area contributed by atoms with E-state index in [2.05, 4.69) is 10.4 Å². The van der Waals surface area contributed by atoms with Crippen molar-refractivity contribution >= 4 is 5.91 Å². The Morgan fingerprint density at radius 3 is 2.70 bits per heavy atom. The van der Waals surface area contributed by atoms with Crippen LogP contribution in [0.2, 0.25) is 0 Å². The molecule has 120 valence electrons. The average molecular weight is 311 g/mol. The largest absolute Gasteiger partial charge is 0.348 e. The topological polar surface area (TPSA) is 64.0 Å². The van der Waals surface area contributed by atoms with Crippen LogP contribution in [0.15, 0.2) is 41.2 Å². The molecule has 0 radical (unpaired) electrons. The summed E-state index contributed by atoms with van der Waals surface area (Å²) < 4.78 is 1.30. The van der Waals surface area contributed by atoms with Gasteiger partial charge >= 0.3 is 0 Å². The maximum atomic E-state index is 12.5. The second-order valence-corrected chi connectivity index (χ2v) is 6.07. The van der Waals surface area contributed by atoms with Gasteiger partial charge in [0.05, 0.1) is 11.7 Å². The standard InChI is InChI=1S/C18H21N3O2/c1-12(14-7-4-3-5-8-14)19-18(23)13(2)21-17(22)11-15-9-6-10-16(15)20-21/h3-5,7-8,11-13H,6,9-10H2,1-2H3,(H,19,23). The molecule has 1 heterocycles. The first-order valence-electron chi connectivity index (χ1n) is 8.03. The molecule has 1 amide bonds. The van der Waals surface area contributed by atoms with E-state index in [1.165, 1.54) is 4.68 Å². The SMILES string of the molecule is CC(NC(=O)C(C)n1nc2c(cc1=O)CCC2)c1ccccc1. The summed E-state index contributed by atoms with van der Waals surface area (Å²) in [7, 11) is 0. The molecule has 2 aromatic rings. The smallest absolute Gasteiger partial charge is 0.267 e. The first kappa shape index (κ1) is 15.5. The third kappa shape index (κ3) is 3.18. The van der Waals surface area contributed by atoms with Crippen LogP contribution < -0.4 is 10.9 Å². The predicted molar refractivity (Wildman–Crippen MR) is 88.2 cm³/mol. The number of benzene rings is 1. The molecule has 0 fully saturated rings. The number of nitrogens with one attached hydrogen (secondary N) is 1.